The molecule has 0 heterocycles. The standard InChI is InChI=1S/C30H58O9/c1-27(2,3)23-29(7,8)38-36-25(31)34-21-17-13-11-15-19-33-20-16-12-14-18-22-35-26(32)37-39-30(9,10)24-28(4,5)6/h11-24H2,1-10H3. The fraction of sp³-hybridized carbons (Fsp3) is 0.933. The summed E-state index contributed by atoms with van der Waals surface area (Å²) in [6.45, 7) is 22.3. The molecule has 0 aliphatic heterocycles. The van der Waals surface area contributed by atoms with Crippen LogP contribution in [0.15, 0.2) is 0 Å². The van der Waals surface area contributed by atoms with Crippen LogP contribution in [0, 0.1) is 10.8 Å². The maximum absolute atomic E-state index is 11.7. The Morgan fingerprint density at radius 3 is 1.08 bits per heavy atom. The van der Waals surface area contributed by atoms with E-state index in [1.54, 1.807) is 0 Å². The first kappa shape index (κ1) is 37.4. The molecule has 0 aliphatic rings. The summed E-state index contributed by atoms with van der Waals surface area (Å²) in [6.07, 6.45) is 7.32. The molecule has 0 spiro atoms. The molecule has 232 valence electrons. The highest BCUT2D eigenvalue weighted by molar-refractivity contribution is 5.59. The average Bonchev–Trinajstić information content (AvgIpc) is 2.76. The van der Waals surface area contributed by atoms with Crippen LogP contribution in [0.25, 0.3) is 0 Å². The first-order chi connectivity index (χ1) is 17.9. The zero-order chi connectivity index (χ0) is 30.0. The maximum Gasteiger partial charge on any atom is 0.540 e. The van der Waals surface area contributed by atoms with Crippen LogP contribution < -0.4 is 0 Å². The van der Waals surface area contributed by atoms with Crippen LogP contribution in [0.3, 0.4) is 0 Å². The van der Waals surface area contributed by atoms with Crippen molar-refractivity contribution in [2.75, 3.05) is 26.4 Å². The summed E-state index contributed by atoms with van der Waals surface area (Å²) < 4.78 is 15.8. The summed E-state index contributed by atoms with van der Waals surface area (Å²) in [7, 11) is 0. The third-order valence-electron chi connectivity index (χ3n) is 5.39. The van der Waals surface area contributed by atoms with Crippen LogP contribution in [-0.4, -0.2) is 49.9 Å². The first-order valence-corrected chi connectivity index (χ1v) is 14.5. The zero-order valence-corrected chi connectivity index (χ0v) is 26.6. The molecular weight excluding hydrogens is 504 g/mol. The number of rotatable bonds is 20. The molecule has 0 unspecified atom stereocenters. The number of carbonyl (C=O) groups is 2. The van der Waals surface area contributed by atoms with E-state index in [1.807, 2.05) is 27.7 Å². The van der Waals surface area contributed by atoms with Gasteiger partial charge in [0.2, 0.25) is 0 Å². The quantitative estimate of drug-likeness (QED) is 0.0624. The van der Waals surface area contributed by atoms with E-state index in [-0.39, 0.29) is 10.8 Å². The van der Waals surface area contributed by atoms with Crippen LogP contribution in [0.2, 0.25) is 0 Å². The Labute approximate surface area is 237 Å². The number of hydrogen-bond acceptors (Lipinski definition) is 9. The van der Waals surface area contributed by atoms with Gasteiger partial charge in [0.1, 0.15) is 11.2 Å². The molecule has 0 radical (unpaired) electrons. The van der Waals surface area contributed by atoms with Gasteiger partial charge in [-0.2, -0.15) is 9.78 Å². The molecule has 0 N–H and O–H groups in total. The van der Waals surface area contributed by atoms with Crippen molar-refractivity contribution >= 4 is 12.3 Å². The lowest BCUT2D eigenvalue weighted by molar-refractivity contribution is -0.322. The molecule has 9 heteroatoms. The van der Waals surface area contributed by atoms with E-state index in [9.17, 15) is 9.59 Å². The van der Waals surface area contributed by atoms with Gasteiger partial charge in [0, 0.05) is 13.2 Å². The van der Waals surface area contributed by atoms with Crippen molar-refractivity contribution in [1.82, 2.24) is 0 Å². The number of hydrogen-bond donors (Lipinski definition) is 0. The smallest absolute Gasteiger partial charge is 0.432 e. The van der Waals surface area contributed by atoms with Crippen molar-refractivity contribution < 1.29 is 43.3 Å². The molecule has 0 fully saturated rings. The maximum atomic E-state index is 11.7. The predicted octanol–water partition coefficient (Wildman–Crippen LogP) is 8.72. The molecule has 0 amide bonds. The normalized spacial score (nSPS) is 12.8. The third-order valence-corrected chi connectivity index (χ3v) is 5.39. The summed E-state index contributed by atoms with van der Waals surface area (Å²) in [4.78, 5) is 43.5. The van der Waals surface area contributed by atoms with E-state index in [2.05, 4.69) is 41.5 Å². The highest BCUT2D eigenvalue weighted by Crippen LogP contribution is 2.30. The second-order valence-electron chi connectivity index (χ2n) is 14.0. The Hall–Kier alpha value is -1.58. The molecule has 0 bridgehead atoms. The van der Waals surface area contributed by atoms with Gasteiger partial charge in [-0.25, -0.2) is 9.59 Å². The Bertz CT molecular complexity index is 604. The van der Waals surface area contributed by atoms with Crippen molar-refractivity contribution in [2.24, 2.45) is 10.8 Å². The van der Waals surface area contributed by atoms with Gasteiger partial charge in [-0.1, -0.05) is 54.4 Å². The van der Waals surface area contributed by atoms with Crippen LogP contribution in [0.4, 0.5) is 9.59 Å². The Morgan fingerprint density at radius 2 is 0.769 bits per heavy atom. The number of unbranched alkanes of at least 4 members (excludes halogenated alkanes) is 6. The minimum absolute atomic E-state index is 0.0640. The SMILES string of the molecule is CC(C)(C)CC(C)(C)OOC(=O)OCCCCCCOCCCCCCOC(=O)OOC(C)(C)CC(C)(C)C. The van der Waals surface area contributed by atoms with Gasteiger partial charge in [0.15, 0.2) is 0 Å². The van der Waals surface area contributed by atoms with Crippen LogP contribution in [-0.2, 0) is 33.8 Å². The fourth-order valence-electron chi connectivity index (χ4n) is 4.69. The highest BCUT2D eigenvalue weighted by Gasteiger charge is 2.30. The van der Waals surface area contributed by atoms with Crippen molar-refractivity contribution in [1.29, 1.82) is 0 Å². The van der Waals surface area contributed by atoms with Gasteiger partial charge in [-0.15, -0.1) is 0 Å². The molecule has 39 heavy (non-hydrogen) atoms. The molecule has 0 aromatic carbocycles. The van der Waals surface area contributed by atoms with E-state index in [0.717, 1.165) is 77.4 Å². The predicted molar refractivity (Wildman–Crippen MR) is 151 cm³/mol. The first-order valence-electron chi connectivity index (χ1n) is 14.5. The van der Waals surface area contributed by atoms with E-state index in [4.69, 9.17) is 33.8 Å². The number of ether oxygens (including phenoxy) is 3. The second-order valence-corrected chi connectivity index (χ2v) is 14.0. The summed E-state index contributed by atoms with van der Waals surface area (Å²) in [6, 6.07) is 0. The Kier molecular flexibility index (Phi) is 18.0. The molecule has 0 aromatic heterocycles. The molecule has 9 nitrogen and oxygen atoms in total. The molecule has 0 saturated carbocycles. The lowest BCUT2D eigenvalue weighted by Crippen LogP contribution is -2.31. The lowest BCUT2D eigenvalue weighted by Gasteiger charge is -2.30. The molecule has 0 rings (SSSR count). The topological polar surface area (TPSA) is 98.8 Å². The van der Waals surface area contributed by atoms with Gasteiger partial charge in [-0.3, -0.25) is 9.78 Å². The van der Waals surface area contributed by atoms with E-state index in [1.165, 1.54) is 0 Å². The van der Waals surface area contributed by atoms with Crippen molar-refractivity contribution in [3.8, 4) is 0 Å². The summed E-state index contributed by atoms with van der Waals surface area (Å²) in [5, 5.41) is 0. The molecular formula is C30H58O9. The van der Waals surface area contributed by atoms with E-state index < -0.39 is 23.5 Å². The summed E-state index contributed by atoms with van der Waals surface area (Å²) in [5.74, 6) is 0. The van der Waals surface area contributed by atoms with Gasteiger partial charge >= 0.3 is 12.3 Å². The molecule has 0 aromatic rings. The van der Waals surface area contributed by atoms with Gasteiger partial charge < -0.3 is 14.2 Å². The molecule has 0 saturated heterocycles. The average molecular weight is 563 g/mol. The van der Waals surface area contributed by atoms with E-state index in [0.29, 0.717) is 13.2 Å². The lowest BCUT2D eigenvalue weighted by atomic mass is 9.84. The minimum atomic E-state index is -0.795. The van der Waals surface area contributed by atoms with Crippen molar-refractivity contribution in [2.45, 2.75) is 145 Å². The minimum Gasteiger partial charge on any atom is -0.432 e. The van der Waals surface area contributed by atoms with Gasteiger partial charge in [0.05, 0.1) is 13.2 Å². The Morgan fingerprint density at radius 1 is 0.462 bits per heavy atom. The van der Waals surface area contributed by atoms with Crippen LogP contribution >= 0.6 is 0 Å². The van der Waals surface area contributed by atoms with E-state index >= 15 is 0 Å². The number of carbonyl (C=O) groups excluding carboxylic acids is 2. The largest absolute Gasteiger partial charge is 0.540 e. The molecule has 0 aliphatic carbocycles. The van der Waals surface area contributed by atoms with Gasteiger partial charge in [-0.05, 0) is 89.9 Å². The zero-order valence-electron chi connectivity index (χ0n) is 26.6. The Balaban J connectivity index is 3.51. The van der Waals surface area contributed by atoms with Crippen molar-refractivity contribution in [3.05, 3.63) is 0 Å². The second kappa shape index (κ2) is 18.7. The fourth-order valence-corrected chi connectivity index (χ4v) is 4.69. The van der Waals surface area contributed by atoms with Crippen molar-refractivity contribution in [3.63, 3.8) is 0 Å². The molecule has 0 atom stereocenters. The van der Waals surface area contributed by atoms with Crippen LogP contribution in [0.1, 0.15) is 133 Å². The van der Waals surface area contributed by atoms with Crippen LogP contribution in [0.5, 0.6) is 0 Å². The van der Waals surface area contributed by atoms with Gasteiger partial charge in [0.25, 0.3) is 0 Å². The summed E-state index contributed by atoms with van der Waals surface area (Å²) >= 11 is 0. The summed E-state index contributed by atoms with van der Waals surface area (Å²) in [5.41, 5.74) is -1.01. The monoisotopic (exact) mass is 562 g/mol. The third kappa shape index (κ3) is 26.4. The highest BCUT2D eigenvalue weighted by atomic mass is 17.2.